The number of cyclic esters (lactones) is 4. The lowest BCUT2D eigenvalue weighted by molar-refractivity contribution is 0.0422. The van der Waals surface area contributed by atoms with Crippen LogP contribution in [0, 0.1) is 22.7 Å². The minimum atomic E-state index is -0.869. The monoisotopic (exact) mass is 622 g/mol. The Morgan fingerprint density at radius 2 is 1.15 bits per heavy atom. The molecule has 0 N–H and O–H groups in total. The maximum atomic E-state index is 12.5. The summed E-state index contributed by atoms with van der Waals surface area (Å²) < 4.78 is 31.0. The Morgan fingerprint density at radius 1 is 0.652 bits per heavy atom. The molecule has 14 nitrogen and oxygen atoms in total. The van der Waals surface area contributed by atoms with Gasteiger partial charge in [-0.25, -0.2) is 28.8 Å². The van der Waals surface area contributed by atoms with Gasteiger partial charge in [0.25, 0.3) is 0 Å². The van der Waals surface area contributed by atoms with E-state index in [2.05, 4.69) is 9.47 Å². The van der Waals surface area contributed by atoms with Gasteiger partial charge in [0.2, 0.25) is 0 Å². The van der Waals surface area contributed by atoms with Crippen molar-refractivity contribution in [1.29, 1.82) is 10.5 Å². The number of nitriles is 2. The number of fused-ring (bicyclic) bond motifs is 2. The smallest absolute Gasteiger partial charge is 0.346 e. The molecule has 0 saturated carbocycles. The second-order valence-corrected chi connectivity index (χ2v) is 9.30. The Hall–Kier alpha value is -6.80. The lowest BCUT2D eigenvalue weighted by Gasteiger charge is -2.15. The van der Waals surface area contributed by atoms with Crippen molar-refractivity contribution in [3.63, 3.8) is 0 Å². The fraction of sp³-hybridized carbons (Fsp3) is 0.125. The number of esters is 6. The highest BCUT2D eigenvalue weighted by atomic mass is 16.6. The predicted octanol–water partition coefficient (Wildman–Crippen LogP) is 3.21. The number of para-hydroxylation sites is 1. The third-order valence-electron chi connectivity index (χ3n) is 6.45. The van der Waals surface area contributed by atoms with E-state index in [9.17, 15) is 39.3 Å². The molecule has 0 atom stereocenters. The summed E-state index contributed by atoms with van der Waals surface area (Å²) in [5.41, 5.74) is 0.0798. The third-order valence-corrected chi connectivity index (χ3v) is 6.45. The molecule has 5 rings (SSSR count). The van der Waals surface area contributed by atoms with E-state index in [-0.39, 0.29) is 76.9 Å². The van der Waals surface area contributed by atoms with E-state index in [1.807, 2.05) is 0 Å². The predicted molar refractivity (Wildman–Crippen MR) is 150 cm³/mol. The van der Waals surface area contributed by atoms with E-state index in [0.29, 0.717) is 5.56 Å². The van der Waals surface area contributed by atoms with Gasteiger partial charge in [0.05, 0.1) is 33.4 Å². The zero-order chi connectivity index (χ0) is 32.8. The normalized spacial score (nSPS) is 12.5. The lowest BCUT2D eigenvalue weighted by Crippen LogP contribution is -2.15. The van der Waals surface area contributed by atoms with Crippen molar-refractivity contribution in [2.45, 2.75) is 0 Å². The summed E-state index contributed by atoms with van der Waals surface area (Å²) in [4.78, 5) is 71.8. The van der Waals surface area contributed by atoms with E-state index in [0.717, 1.165) is 0 Å². The standard InChI is InChI=1S/C32H18N2O12/c33-15-17(16-34)12-18-2-1-3-25(41-8-10-43-27(35)19-4-6-21-23(13-19)31(39)45-29(21)37)26(18)42-9-11-44-28(36)20-5-7-22-24(14-20)32(40)46-30(22)38/h1-7,12-14H,8-11H2. The van der Waals surface area contributed by atoms with E-state index in [1.165, 1.54) is 48.5 Å². The summed E-state index contributed by atoms with van der Waals surface area (Å²) >= 11 is 0. The molecule has 228 valence electrons. The number of ether oxygens (including phenoxy) is 6. The number of nitrogens with zero attached hydrogens (tertiary/aromatic N) is 2. The fourth-order valence-corrected chi connectivity index (χ4v) is 4.31. The molecule has 3 aromatic rings. The molecule has 0 fully saturated rings. The van der Waals surface area contributed by atoms with Gasteiger partial charge >= 0.3 is 35.8 Å². The van der Waals surface area contributed by atoms with Gasteiger partial charge in [-0.2, -0.15) is 10.5 Å². The maximum absolute atomic E-state index is 12.5. The Kier molecular flexibility index (Phi) is 8.82. The van der Waals surface area contributed by atoms with E-state index < -0.39 is 35.8 Å². The van der Waals surface area contributed by atoms with E-state index >= 15 is 0 Å². The maximum Gasteiger partial charge on any atom is 0.346 e. The molecule has 2 aliphatic heterocycles. The number of allylic oxidation sites excluding steroid dienone is 1. The average Bonchev–Trinajstić information content (AvgIpc) is 3.52. The van der Waals surface area contributed by atoms with Crippen LogP contribution in [0.15, 0.2) is 60.2 Å². The van der Waals surface area contributed by atoms with Gasteiger partial charge in [-0.05, 0) is 48.5 Å². The number of carbonyl (C=O) groups excluding carboxylic acids is 6. The first kappa shape index (κ1) is 30.7. The third kappa shape index (κ3) is 6.41. The number of carbonyl (C=O) groups is 6. The zero-order valence-electron chi connectivity index (χ0n) is 23.4. The molecule has 0 spiro atoms. The second kappa shape index (κ2) is 13.2. The molecule has 46 heavy (non-hydrogen) atoms. The molecule has 0 radical (unpaired) electrons. The molecular formula is C32H18N2O12. The zero-order valence-corrected chi connectivity index (χ0v) is 23.4. The van der Waals surface area contributed by atoms with Gasteiger partial charge in [-0.15, -0.1) is 0 Å². The van der Waals surface area contributed by atoms with Crippen LogP contribution in [0.4, 0.5) is 0 Å². The molecule has 2 heterocycles. The SMILES string of the molecule is N#CC(C#N)=Cc1cccc(OCCOC(=O)c2ccc3c(c2)C(=O)OC3=O)c1OCCOC(=O)c1ccc2c(c1)C(=O)OC2=O. The number of benzene rings is 3. The summed E-state index contributed by atoms with van der Waals surface area (Å²) in [5, 5.41) is 18.4. The Bertz CT molecular complexity index is 1930. The van der Waals surface area contributed by atoms with Crippen molar-refractivity contribution in [2.24, 2.45) is 0 Å². The van der Waals surface area contributed by atoms with Crippen LogP contribution in [0.2, 0.25) is 0 Å². The first-order valence-corrected chi connectivity index (χ1v) is 13.3. The van der Waals surface area contributed by atoms with Crippen LogP contribution < -0.4 is 9.47 Å². The Morgan fingerprint density at radius 3 is 1.67 bits per heavy atom. The average molecular weight is 622 g/mol. The van der Waals surface area contributed by atoms with Gasteiger partial charge in [-0.1, -0.05) is 12.1 Å². The molecule has 0 aliphatic carbocycles. The topological polar surface area (TPSA) is 205 Å². The van der Waals surface area contributed by atoms with Crippen LogP contribution >= 0.6 is 0 Å². The molecule has 14 heteroatoms. The largest absolute Gasteiger partial charge is 0.486 e. The highest BCUT2D eigenvalue weighted by Crippen LogP contribution is 2.33. The van der Waals surface area contributed by atoms with Gasteiger partial charge in [-0.3, -0.25) is 0 Å². The van der Waals surface area contributed by atoms with Crippen LogP contribution in [0.25, 0.3) is 6.08 Å². The van der Waals surface area contributed by atoms with Crippen molar-refractivity contribution in [3.8, 4) is 23.6 Å². The second-order valence-electron chi connectivity index (χ2n) is 9.30. The summed E-state index contributed by atoms with van der Waals surface area (Å²) in [6.45, 7) is -0.872. The molecule has 0 saturated heterocycles. The van der Waals surface area contributed by atoms with Crippen LogP contribution in [-0.2, 0) is 18.9 Å². The lowest BCUT2D eigenvalue weighted by atomic mass is 10.1. The van der Waals surface area contributed by atoms with Crippen molar-refractivity contribution >= 4 is 41.9 Å². The molecule has 0 unspecified atom stereocenters. The molecular weight excluding hydrogens is 604 g/mol. The summed E-state index contributed by atoms with van der Waals surface area (Å²) in [7, 11) is 0. The van der Waals surface area contributed by atoms with Gasteiger partial charge in [0, 0.05) is 5.56 Å². The summed E-state index contributed by atoms with van der Waals surface area (Å²) in [6, 6.07) is 15.7. The Labute approximate surface area is 258 Å². The first-order valence-electron chi connectivity index (χ1n) is 13.3. The molecule has 2 aliphatic rings. The van der Waals surface area contributed by atoms with Crippen molar-refractivity contribution in [2.75, 3.05) is 26.4 Å². The van der Waals surface area contributed by atoms with Gasteiger partial charge < -0.3 is 28.4 Å². The van der Waals surface area contributed by atoms with Crippen LogP contribution in [-0.4, -0.2) is 62.2 Å². The van der Waals surface area contributed by atoms with Crippen molar-refractivity contribution in [1.82, 2.24) is 0 Å². The Balaban J connectivity index is 1.21. The van der Waals surface area contributed by atoms with Crippen molar-refractivity contribution in [3.05, 3.63) is 99.1 Å². The quantitative estimate of drug-likeness (QED) is 0.0990. The summed E-state index contributed by atoms with van der Waals surface area (Å²) in [5.74, 6) is -4.69. The van der Waals surface area contributed by atoms with Crippen LogP contribution in [0.5, 0.6) is 11.5 Å². The molecule has 0 aromatic heterocycles. The van der Waals surface area contributed by atoms with Crippen LogP contribution in [0.3, 0.4) is 0 Å². The van der Waals surface area contributed by atoms with Crippen LogP contribution in [0.1, 0.15) is 67.7 Å². The molecule has 0 amide bonds. The number of hydrogen-bond donors (Lipinski definition) is 0. The first-order chi connectivity index (χ1) is 22.2. The minimum Gasteiger partial charge on any atom is -0.486 e. The van der Waals surface area contributed by atoms with E-state index in [4.69, 9.17) is 18.9 Å². The van der Waals surface area contributed by atoms with Crippen molar-refractivity contribution < 1.29 is 57.2 Å². The fourth-order valence-electron chi connectivity index (χ4n) is 4.31. The minimum absolute atomic E-state index is 0.00768. The molecule has 0 bridgehead atoms. The number of hydrogen-bond acceptors (Lipinski definition) is 14. The molecule has 3 aromatic carbocycles. The number of rotatable bonds is 11. The van der Waals surface area contributed by atoms with E-state index in [1.54, 1.807) is 24.3 Å². The van der Waals surface area contributed by atoms with Gasteiger partial charge in [0.15, 0.2) is 11.5 Å². The highest BCUT2D eigenvalue weighted by molar-refractivity contribution is 6.16. The van der Waals surface area contributed by atoms with Gasteiger partial charge in [0.1, 0.15) is 44.1 Å². The highest BCUT2D eigenvalue weighted by Gasteiger charge is 2.31. The summed E-state index contributed by atoms with van der Waals surface area (Å²) in [6.07, 6.45) is 1.27.